The summed E-state index contributed by atoms with van der Waals surface area (Å²) in [5.41, 5.74) is 1.39. The molecular weight excluding hydrogens is 312 g/mol. The first-order chi connectivity index (χ1) is 9.38. The van der Waals surface area contributed by atoms with Gasteiger partial charge in [0.2, 0.25) is 0 Å². The van der Waals surface area contributed by atoms with Crippen molar-refractivity contribution in [2.75, 3.05) is 0 Å². The van der Waals surface area contributed by atoms with Gasteiger partial charge >= 0.3 is 0 Å². The Kier molecular flexibility index (Phi) is 4.73. The van der Waals surface area contributed by atoms with E-state index in [0.717, 1.165) is 15.6 Å². The molecule has 2 rings (SSSR count). The molecule has 1 aromatic carbocycles. The van der Waals surface area contributed by atoms with E-state index in [1.165, 1.54) is 0 Å². The average molecular weight is 327 g/mol. The Morgan fingerprint density at radius 1 is 1.45 bits per heavy atom. The number of aryl methyl sites for hydroxylation is 2. The molecule has 0 fully saturated rings. The highest BCUT2D eigenvalue weighted by Crippen LogP contribution is 2.26. The largest absolute Gasteiger partial charge is 0.345 e. The van der Waals surface area contributed by atoms with Crippen molar-refractivity contribution in [2.45, 2.75) is 31.7 Å². The van der Waals surface area contributed by atoms with Gasteiger partial charge in [0.25, 0.3) is 5.91 Å². The summed E-state index contributed by atoms with van der Waals surface area (Å²) in [5, 5.41) is 4.36. The van der Waals surface area contributed by atoms with Crippen LogP contribution in [0.2, 0.25) is 5.02 Å². The van der Waals surface area contributed by atoms with Crippen molar-refractivity contribution in [1.29, 1.82) is 0 Å². The van der Waals surface area contributed by atoms with Gasteiger partial charge in [0.1, 0.15) is 0 Å². The molecule has 0 spiro atoms. The van der Waals surface area contributed by atoms with Crippen LogP contribution in [0, 0.1) is 13.8 Å². The van der Waals surface area contributed by atoms with Crippen molar-refractivity contribution in [3.05, 3.63) is 44.4 Å². The van der Waals surface area contributed by atoms with Crippen LogP contribution in [0.4, 0.5) is 0 Å². The van der Waals surface area contributed by atoms with E-state index in [0.29, 0.717) is 15.5 Å². The molecule has 0 aliphatic carbocycles. The SMILES string of the molecule is Cc1nc(C)c(C(C)NC(=O)c2cc(S)ccc2Cl)s1. The monoisotopic (exact) mass is 326 g/mol. The van der Waals surface area contributed by atoms with Crippen LogP contribution in [0.15, 0.2) is 23.1 Å². The molecule has 1 unspecified atom stereocenters. The maximum absolute atomic E-state index is 12.3. The third-order valence-corrected chi connectivity index (χ3v) is 4.74. The number of aromatic nitrogens is 1. The van der Waals surface area contributed by atoms with Crippen LogP contribution in [0.25, 0.3) is 0 Å². The number of hydrogen-bond acceptors (Lipinski definition) is 4. The van der Waals surface area contributed by atoms with E-state index < -0.39 is 0 Å². The molecule has 1 heterocycles. The zero-order valence-corrected chi connectivity index (χ0v) is 13.9. The lowest BCUT2D eigenvalue weighted by atomic mass is 10.2. The second kappa shape index (κ2) is 6.16. The van der Waals surface area contributed by atoms with Crippen molar-refractivity contribution in [2.24, 2.45) is 0 Å². The van der Waals surface area contributed by atoms with Crippen molar-refractivity contribution < 1.29 is 4.79 Å². The Morgan fingerprint density at radius 3 is 2.75 bits per heavy atom. The average Bonchev–Trinajstić information content (AvgIpc) is 2.71. The summed E-state index contributed by atoms with van der Waals surface area (Å²) < 4.78 is 0. The predicted octanol–water partition coefficient (Wildman–Crippen LogP) is 4.19. The molecule has 1 amide bonds. The van der Waals surface area contributed by atoms with Gasteiger partial charge in [-0.1, -0.05) is 11.6 Å². The summed E-state index contributed by atoms with van der Waals surface area (Å²) in [5.74, 6) is -0.205. The smallest absolute Gasteiger partial charge is 0.253 e. The van der Waals surface area contributed by atoms with Gasteiger partial charge in [-0.2, -0.15) is 0 Å². The minimum Gasteiger partial charge on any atom is -0.345 e. The second-order valence-electron chi connectivity index (χ2n) is 4.54. The summed E-state index contributed by atoms with van der Waals surface area (Å²) >= 11 is 11.9. The Morgan fingerprint density at radius 2 is 2.15 bits per heavy atom. The summed E-state index contributed by atoms with van der Waals surface area (Å²) in [4.78, 5) is 18.4. The molecule has 1 N–H and O–H groups in total. The van der Waals surface area contributed by atoms with Crippen LogP contribution in [-0.2, 0) is 0 Å². The lowest BCUT2D eigenvalue weighted by Gasteiger charge is -2.14. The molecular formula is C14H15ClN2OS2. The van der Waals surface area contributed by atoms with Crippen LogP contribution in [0.5, 0.6) is 0 Å². The Bertz CT molecular complexity index is 655. The van der Waals surface area contributed by atoms with Gasteiger partial charge in [-0.05, 0) is 39.0 Å². The number of nitrogens with one attached hydrogen (secondary N) is 1. The fourth-order valence-corrected chi connectivity index (χ4v) is 3.31. The van der Waals surface area contributed by atoms with Gasteiger partial charge in [-0.15, -0.1) is 24.0 Å². The van der Waals surface area contributed by atoms with Crippen LogP contribution >= 0.6 is 35.6 Å². The number of carbonyl (C=O) groups is 1. The molecule has 106 valence electrons. The fraction of sp³-hybridized carbons (Fsp3) is 0.286. The molecule has 1 atom stereocenters. The molecule has 0 radical (unpaired) electrons. The topological polar surface area (TPSA) is 42.0 Å². The third-order valence-electron chi connectivity index (χ3n) is 2.87. The van der Waals surface area contributed by atoms with E-state index in [1.807, 2.05) is 20.8 Å². The number of nitrogens with zero attached hydrogens (tertiary/aromatic N) is 1. The van der Waals surface area contributed by atoms with Crippen molar-refractivity contribution in [3.8, 4) is 0 Å². The number of thiazole rings is 1. The molecule has 0 aliphatic rings. The zero-order valence-electron chi connectivity index (χ0n) is 11.4. The molecule has 3 nitrogen and oxygen atoms in total. The maximum Gasteiger partial charge on any atom is 0.253 e. The summed E-state index contributed by atoms with van der Waals surface area (Å²) in [6, 6.07) is 4.99. The van der Waals surface area contributed by atoms with Crippen molar-refractivity contribution in [3.63, 3.8) is 0 Å². The van der Waals surface area contributed by atoms with Crippen LogP contribution < -0.4 is 5.32 Å². The van der Waals surface area contributed by atoms with Crippen LogP contribution in [-0.4, -0.2) is 10.9 Å². The van der Waals surface area contributed by atoms with E-state index >= 15 is 0 Å². The highest BCUT2D eigenvalue weighted by molar-refractivity contribution is 7.80. The standard InChI is InChI=1S/C14H15ClN2OS2/c1-7-13(20-9(3)16-7)8(2)17-14(18)11-6-10(19)4-5-12(11)15/h4-6,8,19H,1-3H3,(H,17,18). The van der Waals surface area contributed by atoms with Gasteiger partial charge in [0.05, 0.1) is 27.3 Å². The Hall–Kier alpha value is -1.04. The highest BCUT2D eigenvalue weighted by Gasteiger charge is 2.18. The summed E-state index contributed by atoms with van der Waals surface area (Å²) in [6.45, 7) is 5.84. The van der Waals surface area contributed by atoms with Crippen LogP contribution in [0.1, 0.15) is 38.9 Å². The fourth-order valence-electron chi connectivity index (χ4n) is 1.98. The first kappa shape index (κ1) is 15.4. The number of thiol groups is 1. The molecule has 6 heteroatoms. The number of hydrogen-bond donors (Lipinski definition) is 2. The lowest BCUT2D eigenvalue weighted by molar-refractivity contribution is 0.0940. The van der Waals surface area contributed by atoms with Gasteiger partial charge in [-0.25, -0.2) is 4.98 Å². The highest BCUT2D eigenvalue weighted by atomic mass is 35.5. The predicted molar refractivity (Wildman–Crippen MR) is 86.2 cm³/mol. The minimum atomic E-state index is -0.205. The van der Waals surface area contributed by atoms with Gasteiger partial charge in [-0.3, -0.25) is 4.79 Å². The number of benzene rings is 1. The molecule has 1 aromatic heterocycles. The first-order valence-electron chi connectivity index (χ1n) is 6.11. The molecule has 0 aliphatic heterocycles. The quantitative estimate of drug-likeness (QED) is 0.830. The number of amides is 1. The van der Waals surface area contributed by atoms with Gasteiger partial charge < -0.3 is 5.32 Å². The van der Waals surface area contributed by atoms with E-state index in [4.69, 9.17) is 11.6 Å². The molecule has 2 aromatic rings. The number of rotatable bonds is 3. The normalized spacial score (nSPS) is 12.2. The van der Waals surface area contributed by atoms with Gasteiger partial charge in [0.15, 0.2) is 0 Å². The molecule has 0 saturated heterocycles. The first-order valence-corrected chi connectivity index (χ1v) is 7.76. The third kappa shape index (κ3) is 3.34. The Labute approximate surface area is 132 Å². The summed E-state index contributed by atoms with van der Waals surface area (Å²) in [6.07, 6.45) is 0. The number of halogens is 1. The van der Waals surface area contributed by atoms with E-state index in [1.54, 1.807) is 29.5 Å². The molecule has 0 saturated carbocycles. The minimum absolute atomic E-state index is 0.103. The zero-order chi connectivity index (χ0) is 14.9. The maximum atomic E-state index is 12.3. The van der Waals surface area contributed by atoms with E-state index in [9.17, 15) is 4.79 Å². The van der Waals surface area contributed by atoms with E-state index in [2.05, 4.69) is 22.9 Å². The molecule has 20 heavy (non-hydrogen) atoms. The van der Waals surface area contributed by atoms with Crippen molar-refractivity contribution in [1.82, 2.24) is 10.3 Å². The lowest BCUT2D eigenvalue weighted by Crippen LogP contribution is -2.26. The van der Waals surface area contributed by atoms with Gasteiger partial charge in [0, 0.05) is 9.77 Å². The summed E-state index contributed by atoms with van der Waals surface area (Å²) in [7, 11) is 0. The second-order valence-corrected chi connectivity index (χ2v) is 6.70. The Balaban J connectivity index is 2.19. The van der Waals surface area contributed by atoms with E-state index in [-0.39, 0.29) is 11.9 Å². The number of carbonyl (C=O) groups excluding carboxylic acids is 1. The van der Waals surface area contributed by atoms with Crippen molar-refractivity contribution >= 4 is 41.5 Å². The van der Waals surface area contributed by atoms with Crippen LogP contribution in [0.3, 0.4) is 0 Å². The molecule has 0 bridgehead atoms.